The lowest BCUT2D eigenvalue weighted by Crippen LogP contribution is -2.15. The molecule has 0 unspecified atom stereocenters. The maximum Gasteiger partial charge on any atom is 0.136 e. The summed E-state index contributed by atoms with van der Waals surface area (Å²) in [5.74, 6) is 0.886. The van der Waals surface area contributed by atoms with Crippen LogP contribution in [-0.2, 0) is 6.54 Å². The average molecular weight is 278 g/mol. The largest absolute Gasteiger partial charge is 0.456 e. The molecule has 106 valence electrons. The van der Waals surface area contributed by atoms with Crippen molar-refractivity contribution in [3.63, 3.8) is 0 Å². The highest BCUT2D eigenvalue weighted by Crippen LogP contribution is 2.28. The highest BCUT2D eigenvalue weighted by Gasteiger charge is 2.20. The standard InChI is InChI=1S/C18H18N2O/c1-12-2-5-17-14(6-12)8-18(21-17)15-7-13(9-19-11-15)10-20-16-3-4-16/h2,5-9,11,16,20H,3-4,10H2,1H3. The van der Waals surface area contributed by atoms with Crippen LogP contribution in [0.1, 0.15) is 24.0 Å². The lowest BCUT2D eigenvalue weighted by molar-refractivity contribution is 0.630. The molecule has 0 amide bonds. The van der Waals surface area contributed by atoms with Crippen LogP contribution >= 0.6 is 0 Å². The molecule has 21 heavy (non-hydrogen) atoms. The first-order chi connectivity index (χ1) is 10.3. The smallest absolute Gasteiger partial charge is 0.136 e. The summed E-state index contributed by atoms with van der Waals surface area (Å²) in [5.41, 5.74) is 4.42. The predicted molar refractivity (Wildman–Crippen MR) is 84.0 cm³/mol. The van der Waals surface area contributed by atoms with E-state index in [4.69, 9.17) is 4.42 Å². The fraction of sp³-hybridized carbons (Fsp3) is 0.278. The number of hydrogen-bond donors (Lipinski definition) is 1. The van der Waals surface area contributed by atoms with E-state index in [-0.39, 0.29) is 0 Å². The Balaban J connectivity index is 1.65. The normalized spacial score (nSPS) is 14.7. The number of hydrogen-bond acceptors (Lipinski definition) is 3. The fourth-order valence-corrected chi connectivity index (χ4v) is 2.57. The minimum Gasteiger partial charge on any atom is -0.456 e. The molecule has 1 aliphatic carbocycles. The van der Waals surface area contributed by atoms with Crippen LogP contribution in [0, 0.1) is 6.92 Å². The molecule has 0 radical (unpaired) electrons. The van der Waals surface area contributed by atoms with Gasteiger partial charge in [-0.15, -0.1) is 0 Å². The predicted octanol–water partition coefficient (Wildman–Crippen LogP) is 4.06. The molecule has 1 saturated carbocycles. The van der Waals surface area contributed by atoms with Crippen molar-refractivity contribution in [3.05, 3.63) is 53.9 Å². The summed E-state index contributed by atoms with van der Waals surface area (Å²) in [6.45, 7) is 2.97. The van der Waals surface area contributed by atoms with Crippen molar-refractivity contribution < 1.29 is 4.42 Å². The van der Waals surface area contributed by atoms with Crippen molar-refractivity contribution >= 4 is 11.0 Å². The molecule has 3 nitrogen and oxygen atoms in total. The Morgan fingerprint density at radius 2 is 2.10 bits per heavy atom. The van der Waals surface area contributed by atoms with Crippen LogP contribution in [0.15, 0.2) is 47.1 Å². The summed E-state index contributed by atoms with van der Waals surface area (Å²) in [5, 5.41) is 4.66. The molecule has 0 saturated heterocycles. The van der Waals surface area contributed by atoms with E-state index in [0.29, 0.717) is 6.04 Å². The SMILES string of the molecule is Cc1ccc2oc(-c3cncc(CNC4CC4)c3)cc2c1. The monoisotopic (exact) mass is 278 g/mol. The Hall–Kier alpha value is -2.13. The van der Waals surface area contributed by atoms with Crippen LogP contribution in [0.2, 0.25) is 0 Å². The molecule has 1 aromatic carbocycles. The summed E-state index contributed by atoms with van der Waals surface area (Å²) in [6.07, 6.45) is 6.39. The van der Waals surface area contributed by atoms with Gasteiger partial charge in [0.2, 0.25) is 0 Å². The van der Waals surface area contributed by atoms with Crippen molar-refractivity contribution in [1.29, 1.82) is 0 Å². The number of rotatable bonds is 4. The Bertz CT molecular complexity index is 787. The first kappa shape index (κ1) is 12.6. The number of nitrogens with one attached hydrogen (secondary N) is 1. The topological polar surface area (TPSA) is 38.1 Å². The average Bonchev–Trinajstić information content (AvgIpc) is 3.23. The zero-order chi connectivity index (χ0) is 14.2. The van der Waals surface area contributed by atoms with Crippen LogP contribution in [-0.4, -0.2) is 11.0 Å². The van der Waals surface area contributed by atoms with E-state index in [2.05, 4.69) is 41.5 Å². The van der Waals surface area contributed by atoms with Crippen LogP contribution in [0.4, 0.5) is 0 Å². The first-order valence-corrected chi connectivity index (χ1v) is 7.46. The summed E-state index contributed by atoms with van der Waals surface area (Å²) >= 11 is 0. The quantitative estimate of drug-likeness (QED) is 0.782. The van der Waals surface area contributed by atoms with E-state index in [9.17, 15) is 0 Å². The van der Waals surface area contributed by atoms with Crippen molar-refractivity contribution in [2.24, 2.45) is 0 Å². The maximum atomic E-state index is 5.94. The molecule has 1 fully saturated rings. The zero-order valence-electron chi connectivity index (χ0n) is 12.1. The van der Waals surface area contributed by atoms with E-state index in [1.165, 1.54) is 24.0 Å². The van der Waals surface area contributed by atoms with Gasteiger partial charge in [0, 0.05) is 35.9 Å². The molecule has 3 aromatic rings. The van der Waals surface area contributed by atoms with Gasteiger partial charge in [-0.2, -0.15) is 0 Å². The van der Waals surface area contributed by atoms with Gasteiger partial charge in [0.15, 0.2) is 0 Å². The molecule has 0 aliphatic heterocycles. The molecule has 0 bridgehead atoms. The molecule has 0 spiro atoms. The Kier molecular flexibility index (Phi) is 3.00. The number of aromatic nitrogens is 1. The number of nitrogens with zero attached hydrogens (tertiary/aromatic N) is 1. The minimum absolute atomic E-state index is 0.711. The van der Waals surface area contributed by atoms with E-state index >= 15 is 0 Å². The summed E-state index contributed by atoms with van der Waals surface area (Å²) < 4.78 is 5.94. The third-order valence-corrected chi connectivity index (χ3v) is 3.92. The van der Waals surface area contributed by atoms with Gasteiger partial charge in [0.1, 0.15) is 11.3 Å². The van der Waals surface area contributed by atoms with Gasteiger partial charge in [0.25, 0.3) is 0 Å². The van der Waals surface area contributed by atoms with Crippen molar-refractivity contribution in [2.45, 2.75) is 32.4 Å². The highest BCUT2D eigenvalue weighted by atomic mass is 16.3. The summed E-state index contributed by atoms with van der Waals surface area (Å²) in [7, 11) is 0. The van der Waals surface area contributed by atoms with Gasteiger partial charge in [-0.25, -0.2) is 0 Å². The number of fused-ring (bicyclic) bond motifs is 1. The number of benzene rings is 1. The molecule has 2 heterocycles. The van der Waals surface area contributed by atoms with E-state index in [1.807, 2.05) is 18.5 Å². The third-order valence-electron chi connectivity index (χ3n) is 3.92. The number of furan rings is 1. The van der Waals surface area contributed by atoms with Gasteiger partial charge in [-0.1, -0.05) is 11.6 Å². The van der Waals surface area contributed by atoms with Gasteiger partial charge in [-0.3, -0.25) is 4.98 Å². The number of aryl methyl sites for hydroxylation is 1. The van der Waals surface area contributed by atoms with E-state index in [0.717, 1.165) is 28.8 Å². The van der Waals surface area contributed by atoms with Crippen LogP contribution in [0.25, 0.3) is 22.3 Å². The van der Waals surface area contributed by atoms with E-state index < -0.39 is 0 Å². The van der Waals surface area contributed by atoms with Crippen molar-refractivity contribution in [3.8, 4) is 11.3 Å². The van der Waals surface area contributed by atoms with Gasteiger partial charge in [-0.05, 0) is 49.6 Å². The highest BCUT2D eigenvalue weighted by molar-refractivity contribution is 5.83. The van der Waals surface area contributed by atoms with Crippen molar-refractivity contribution in [2.75, 3.05) is 0 Å². The van der Waals surface area contributed by atoms with Crippen LogP contribution < -0.4 is 5.32 Å². The third kappa shape index (κ3) is 2.69. The second-order valence-electron chi connectivity index (χ2n) is 5.89. The Morgan fingerprint density at radius 3 is 2.95 bits per heavy atom. The summed E-state index contributed by atoms with van der Waals surface area (Å²) in [4.78, 5) is 4.35. The second kappa shape index (κ2) is 5.01. The number of pyridine rings is 1. The second-order valence-corrected chi connectivity index (χ2v) is 5.89. The van der Waals surface area contributed by atoms with Crippen molar-refractivity contribution in [1.82, 2.24) is 10.3 Å². The lowest BCUT2D eigenvalue weighted by Gasteiger charge is -2.04. The molecule has 1 N–H and O–H groups in total. The molecule has 0 atom stereocenters. The van der Waals surface area contributed by atoms with Gasteiger partial charge < -0.3 is 9.73 Å². The fourth-order valence-electron chi connectivity index (χ4n) is 2.57. The van der Waals surface area contributed by atoms with E-state index in [1.54, 1.807) is 0 Å². The molecular formula is C18H18N2O. The van der Waals surface area contributed by atoms with Crippen LogP contribution in [0.3, 0.4) is 0 Å². The van der Waals surface area contributed by atoms with Gasteiger partial charge >= 0.3 is 0 Å². The summed E-state index contributed by atoms with van der Waals surface area (Å²) in [6, 6.07) is 11.2. The molecule has 2 aromatic heterocycles. The first-order valence-electron chi connectivity index (χ1n) is 7.46. The molecule has 3 heteroatoms. The molecule has 1 aliphatic rings. The maximum absolute atomic E-state index is 5.94. The molecule has 4 rings (SSSR count). The Labute approximate surface area is 124 Å². The van der Waals surface area contributed by atoms with Crippen LogP contribution in [0.5, 0.6) is 0 Å². The zero-order valence-corrected chi connectivity index (χ0v) is 12.1. The van der Waals surface area contributed by atoms with Gasteiger partial charge in [0.05, 0.1) is 0 Å². The lowest BCUT2D eigenvalue weighted by atomic mass is 10.1. The Morgan fingerprint density at radius 1 is 1.19 bits per heavy atom. The molecular weight excluding hydrogens is 260 g/mol. The minimum atomic E-state index is 0.711.